The summed E-state index contributed by atoms with van der Waals surface area (Å²) < 4.78 is 1.10. The number of thiazole rings is 1. The molecule has 0 aliphatic rings. The van der Waals surface area contributed by atoms with E-state index in [9.17, 15) is 5.11 Å². The van der Waals surface area contributed by atoms with E-state index in [4.69, 9.17) is 5.73 Å². The number of nitrogens with zero attached hydrogens (tertiary/aromatic N) is 1. The van der Waals surface area contributed by atoms with Crippen LogP contribution in [0.3, 0.4) is 0 Å². The smallest absolute Gasteiger partial charge is 0.128 e. The zero-order valence-corrected chi connectivity index (χ0v) is 9.74. The number of phenolic OH excluding ortho intramolecular Hbond substituents is 1. The first-order valence-corrected chi connectivity index (χ1v) is 6.00. The Morgan fingerprint density at radius 3 is 2.76 bits per heavy atom. The molecule has 1 heterocycles. The first-order chi connectivity index (χ1) is 8.24. The summed E-state index contributed by atoms with van der Waals surface area (Å²) in [5, 5.41) is 10.6. The Morgan fingerprint density at radius 1 is 1.12 bits per heavy atom. The highest BCUT2D eigenvalue weighted by Gasteiger charge is 2.10. The van der Waals surface area contributed by atoms with Crippen molar-refractivity contribution in [2.75, 3.05) is 5.73 Å². The fourth-order valence-corrected chi connectivity index (χ4v) is 2.70. The molecular weight excluding hydrogens is 232 g/mol. The van der Waals surface area contributed by atoms with E-state index in [1.165, 1.54) is 0 Å². The standard InChI is InChI=1S/C13H10N2OS/c14-8-5-6-11(16)9(7-8)13-15-10-3-1-2-4-12(10)17-13/h1-7,16H,14H2. The third-order valence-corrected chi connectivity index (χ3v) is 3.61. The van der Waals surface area contributed by atoms with Gasteiger partial charge in [0.25, 0.3) is 0 Å². The molecule has 4 heteroatoms. The number of fused-ring (bicyclic) bond motifs is 1. The van der Waals surface area contributed by atoms with E-state index in [1.807, 2.05) is 24.3 Å². The van der Waals surface area contributed by atoms with Crippen molar-refractivity contribution in [1.82, 2.24) is 4.98 Å². The number of hydrogen-bond donors (Lipinski definition) is 2. The second kappa shape index (κ2) is 3.75. The van der Waals surface area contributed by atoms with Crippen LogP contribution in [0.4, 0.5) is 5.69 Å². The number of benzene rings is 2. The quantitative estimate of drug-likeness (QED) is 0.508. The Hall–Kier alpha value is -2.07. The molecule has 3 N–H and O–H groups in total. The first kappa shape index (κ1) is 10.1. The lowest BCUT2D eigenvalue weighted by Crippen LogP contribution is -1.85. The molecule has 0 aliphatic heterocycles. The lowest BCUT2D eigenvalue weighted by atomic mass is 10.2. The number of aromatic hydroxyl groups is 1. The van der Waals surface area contributed by atoms with Gasteiger partial charge in [-0.05, 0) is 30.3 Å². The van der Waals surface area contributed by atoms with Crippen molar-refractivity contribution in [3.05, 3.63) is 42.5 Å². The number of aromatic nitrogens is 1. The molecule has 1 aromatic heterocycles. The Balaban J connectivity index is 2.23. The van der Waals surface area contributed by atoms with E-state index in [1.54, 1.807) is 29.5 Å². The van der Waals surface area contributed by atoms with E-state index in [0.29, 0.717) is 11.3 Å². The van der Waals surface area contributed by atoms with Crippen molar-refractivity contribution < 1.29 is 5.11 Å². The second-order valence-corrected chi connectivity index (χ2v) is 4.79. The van der Waals surface area contributed by atoms with Gasteiger partial charge in [-0.1, -0.05) is 12.1 Å². The fourth-order valence-electron chi connectivity index (χ4n) is 1.71. The Bertz CT molecular complexity index is 658. The third-order valence-electron chi connectivity index (χ3n) is 2.54. The van der Waals surface area contributed by atoms with Gasteiger partial charge in [0, 0.05) is 5.69 Å². The van der Waals surface area contributed by atoms with E-state index >= 15 is 0 Å². The van der Waals surface area contributed by atoms with Crippen LogP contribution in [0.5, 0.6) is 5.75 Å². The van der Waals surface area contributed by atoms with Crippen LogP contribution in [0.25, 0.3) is 20.8 Å². The molecule has 3 rings (SSSR count). The molecule has 0 spiro atoms. The van der Waals surface area contributed by atoms with Crippen LogP contribution in [0, 0.1) is 0 Å². The highest BCUT2D eigenvalue weighted by atomic mass is 32.1. The Morgan fingerprint density at radius 2 is 1.94 bits per heavy atom. The molecular formula is C13H10N2OS. The van der Waals surface area contributed by atoms with Gasteiger partial charge in [-0.25, -0.2) is 4.98 Å². The maximum absolute atomic E-state index is 9.82. The molecule has 0 amide bonds. The third kappa shape index (κ3) is 1.72. The number of para-hydroxylation sites is 1. The SMILES string of the molecule is Nc1ccc(O)c(-c2nc3ccccc3s2)c1. The zero-order chi connectivity index (χ0) is 11.8. The van der Waals surface area contributed by atoms with Gasteiger partial charge < -0.3 is 10.8 Å². The van der Waals surface area contributed by atoms with E-state index in [2.05, 4.69) is 4.98 Å². The van der Waals surface area contributed by atoms with Gasteiger partial charge in [-0.15, -0.1) is 11.3 Å². The van der Waals surface area contributed by atoms with Gasteiger partial charge in [-0.2, -0.15) is 0 Å². The first-order valence-electron chi connectivity index (χ1n) is 5.18. The van der Waals surface area contributed by atoms with Crippen molar-refractivity contribution in [3.63, 3.8) is 0 Å². The van der Waals surface area contributed by atoms with Crippen molar-refractivity contribution >= 4 is 27.2 Å². The van der Waals surface area contributed by atoms with Gasteiger partial charge in [0.05, 0.1) is 15.8 Å². The minimum Gasteiger partial charge on any atom is -0.507 e. The summed E-state index contributed by atoms with van der Waals surface area (Å²) >= 11 is 1.55. The second-order valence-electron chi connectivity index (χ2n) is 3.76. The number of nitrogens with two attached hydrogens (primary N) is 1. The Labute approximate surface area is 102 Å². The minimum atomic E-state index is 0.207. The molecule has 3 aromatic rings. The average Bonchev–Trinajstić information content (AvgIpc) is 2.75. The van der Waals surface area contributed by atoms with E-state index < -0.39 is 0 Å². The van der Waals surface area contributed by atoms with Crippen molar-refractivity contribution in [2.45, 2.75) is 0 Å². The van der Waals surface area contributed by atoms with Crippen LogP contribution >= 0.6 is 11.3 Å². The maximum Gasteiger partial charge on any atom is 0.128 e. The molecule has 0 radical (unpaired) electrons. The molecule has 0 saturated carbocycles. The zero-order valence-electron chi connectivity index (χ0n) is 8.92. The summed E-state index contributed by atoms with van der Waals surface area (Å²) in [6, 6.07) is 12.9. The van der Waals surface area contributed by atoms with Crippen LogP contribution in [0.1, 0.15) is 0 Å². The average molecular weight is 242 g/mol. The van der Waals surface area contributed by atoms with Gasteiger partial charge in [0.15, 0.2) is 0 Å². The monoisotopic (exact) mass is 242 g/mol. The van der Waals surface area contributed by atoms with Crippen molar-refractivity contribution in [1.29, 1.82) is 0 Å². The molecule has 0 atom stereocenters. The summed E-state index contributed by atoms with van der Waals surface area (Å²) in [5.41, 5.74) is 7.97. The molecule has 17 heavy (non-hydrogen) atoms. The summed E-state index contributed by atoms with van der Waals surface area (Å²) in [5.74, 6) is 0.207. The lowest BCUT2D eigenvalue weighted by Gasteiger charge is -2.01. The van der Waals surface area contributed by atoms with Gasteiger partial charge in [-0.3, -0.25) is 0 Å². The molecule has 0 unspecified atom stereocenters. The van der Waals surface area contributed by atoms with Gasteiger partial charge in [0.1, 0.15) is 10.8 Å². The highest BCUT2D eigenvalue weighted by molar-refractivity contribution is 7.21. The largest absolute Gasteiger partial charge is 0.507 e. The molecule has 0 aliphatic carbocycles. The lowest BCUT2D eigenvalue weighted by molar-refractivity contribution is 0.477. The number of hydrogen-bond acceptors (Lipinski definition) is 4. The summed E-state index contributed by atoms with van der Waals surface area (Å²) in [6.07, 6.45) is 0. The molecule has 0 bridgehead atoms. The summed E-state index contributed by atoms with van der Waals surface area (Å²) in [6.45, 7) is 0. The predicted molar refractivity (Wildman–Crippen MR) is 71.1 cm³/mol. The molecule has 84 valence electrons. The van der Waals surface area contributed by atoms with Gasteiger partial charge >= 0.3 is 0 Å². The fraction of sp³-hybridized carbons (Fsp3) is 0. The van der Waals surface area contributed by atoms with Gasteiger partial charge in [0.2, 0.25) is 0 Å². The number of phenols is 1. The highest BCUT2D eigenvalue weighted by Crippen LogP contribution is 2.35. The van der Waals surface area contributed by atoms with Crippen molar-refractivity contribution in [3.8, 4) is 16.3 Å². The van der Waals surface area contributed by atoms with Crippen LogP contribution in [-0.2, 0) is 0 Å². The summed E-state index contributed by atoms with van der Waals surface area (Å²) in [4.78, 5) is 4.49. The number of nitrogen functional groups attached to an aromatic ring is 1. The van der Waals surface area contributed by atoms with Crippen LogP contribution in [0.2, 0.25) is 0 Å². The molecule has 3 nitrogen and oxygen atoms in total. The number of anilines is 1. The minimum absolute atomic E-state index is 0.207. The normalized spacial score (nSPS) is 10.8. The molecule has 0 saturated heterocycles. The molecule has 0 fully saturated rings. The topological polar surface area (TPSA) is 59.1 Å². The van der Waals surface area contributed by atoms with Crippen LogP contribution in [-0.4, -0.2) is 10.1 Å². The van der Waals surface area contributed by atoms with E-state index in [-0.39, 0.29) is 5.75 Å². The number of rotatable bonds is 1. The van der Waals surface area contributed by atoms with Crippen LogP contribution in [0.15, 0.2) is 42.5 Å². The van der Waals surface area contributed by atoms with Crippen LogP contribution < -0.4 is 5.73 Å². The summed E-state index contributed by atoms with van der Waals surface area (Å²) in [7, 11) is 0. The molecule has 2 aromatic carbocycles. The maximum atomic E-state index is 9.82. The van der Waals surface area contributed by atoms with E-state index in [0.717, 1.165) is 15.2 Å². The Kier molecular flexibility index (Phi) is 2.23. The predicted octanol–water partition coefficient (Wildman–Crippen LogP) is 3.25. The van der Waals surface area contributed by atoms with Crippen molar-refractivity contribution in [2.24, 2.45) is 0 Å².